The molecule has 178 valence electrons. The van der Waals surface area contributed by atoms with E-state index in [9.17, 15) is 9.59 Å². The van der Waals surface area contributed by atoms with Gasteiger partial charge in [-0.05, 0) is 114 Å². The molecule has 0 aromatic carbocycles. The van der Waals surface area contributed by atoms with Crippen LogP contribution in [-0.2, 0) is 4.79 Å². The van der Waals surface area contributed by atoms with E-state index in [-0.39, 0.29) is 5.92 Å². The standard InChI is InChI=1S/C25H47N3O2Si/c1-31(2,30)15-14-27-11-10-22-17-23(6-7-24(22)27)25(29)28-12-8-20(9-13-28)21-5-3-4-19(16-21)18-26/h19-24,30H,3-18,26H2,1-2H3. The van der Waals surface area contributed by atoms with Crippen LogP contribution in [0.15, 0.2) is 0 Å². The SMILES string of the molecule is C[Si](C)(O)CCN1CCC2CC(C(=O)N3CCC(C4CCCC(CN)C4)CC3)CCC21. The highest BCUT2D eigenvalue weighted by Gasteiger charge is 2.42. The molecule has 5 unspecified atom stereocenters. The van der Waals surface area contributed by atoms with Gasteiger partial charge in [0.1, 0.15) is 0 Å². The van der Waals surface area contributed by atoms with Crippen LogP contribution < -0.4 is 5.73 Å². The molecule has 5 nitrogen and oxygen atoms in total. The first-order valence-corrected chi connectivity index (χ1v) is 16.4. The molecule has 3 N–H and O–H groups in total. The molecule has 0 aromatic rings. The first-order chi connectivity index (χ1) is 14.8. The van der Waals surface area contributed by atoms with Crippen molar-refractivity contribution in [1.29, 1.82) is 0 Å². The molecular formula is C25H47N3O2Si. The van der Waals surface area contributed by atoms with Gasteiger partial charge in [0.25, 0.3) is 0 Å². The van der Waals surface area contributed by atoms with E-state index in [4.69, 9.17) is 5.73 Å². The Morgan fingerprint density at radius 1 is 0.935 bits per heavy atom. The molecule has 4 aliphatic rings. The predicted molar refractivity (Wildman–Crippen MR) is 129 cm³/mol. The molecule has 1 amide bonds. The number of nitrogens with zero attached hydrogens (tertiary/aromatic N) is 2. The van der Waals surface area contributed by atoms with Crippen LogP contribution in [0.3, 0.4) is 0 Å². The molecule has 4 rings (SSSR count). The van der Waals surface area contributed by atoms with Gasteiger partial charge < -0.3 is 20.3 Å². The van der Waals surface area contributed by atoms with Crippen molar-refractivity contribution in [2.45, 2.75) is 89.4 Å². The zero-order chi connectivity index (χ0) is 22.0. The Hall–Kier alpha value is -0.433. The summed E-state index contributed by atoms with van der Waals surface area (Å²) in [5, 5.41) is 0. The summed E-state index contributed by atoms with van der Waals surface area (Å²) in [7, 11) is -1.97. The predicted octanol–water partition coefficient (Wildman–Crippen LogP) is 3.68. The summed E-state index contributed by atoms with van der Waals surface area (Å²) < 4.78 is 0. The fraction of sp³-hybridized carbons (Fsp3) is 0.960. The smallest absolute Gasteiger partial charge is 0.225 e. The Labute approximate surface area is 191 Å². The molecule has 0 radical (unpaired) electrons. The maximum Gasteiger partial charge on any atom is 0.225 e. The molecule has 2 saturated carbocycles. The largest absolute Gasteiger partial charge is 0.432 e. The van der Waals surface area contributed by atoms with E-state index >= 15 is 0 Å². The Morgan fingerprint density at radius 3 is 2.39 bits per heavy atom. The third-order valence-electron chi connectivity index (χ3n) is 9.23. The van der Waals surface area contributed by atoms with E-state index in [1.54, 1.807) is 0 Å². The minimum absolute atomic E-state index is 0.262. The van der Waals surface area contributed by atoms with Gasteiger partial charge in [0.05, 0.1) is 0 Å². The molecule has 0 spiro atoms. The van der Waals surface area contributed by atoms with Gasteiger partial charge in [-0.3, -0.25) is 4.79 Å². The van der Waals surface area contributed by atoms with Crippen LogP contribution in [0.4, 0.5) is 0 Å². The minimum atomic E-state index is -1.97. The van der Waals surface area contributed by atoms with Crippen LogP contribution in [0.25, 0.3) is 0 Å². The van der Waals surface area contributed by atoms with Crippen molar-refractivity contribution in [3.63, 3.8) is 0 Å². The first kappa shape index (κ1) is 23.7. The number of amides is 1. The fourth-order valence-electron chi connectivity index (χ4n) is 7.28. The van der Waals surface area contributed by atoms with Crippen molar-refractivity contribution >= 4 is 14.2 Å². The molecule has 31 heavy (non-hydrogen) atoms. The molecule has 0 bridgehead atoms. The number of hydrogen-bond acceptors (Lipinski definition) is 4. The molecule has 2 aliphatic heterocycles. The van der Waals surface area contributed by atoms with E-state index in [0.717, 1.165) is 69.4 Å². The molecule has 6 heteroatoms. The van der Waals surface area contributed by atoms with Crippen LogP contribution in [-0.4, -0.2) is 67.6 Å². The van der Waals surface area contributed by atoms with Crippen LogP contribution in [0.5, 0.6) is 0 Å². The summed E-state index contributed by atoms with van der Waals surface area (Å²) in [4.78, 5) is 28.4. The monoisotopic (exact) mass is 449 g/mol. The molecule has 4 fully saturated rings. The lowest BCUT2D eigenvalue weighted by molar-refractivity contribution is -0.139. The average Bonchev–Trinajstić information content (AvgIpc) is 3.19. The van der Waals surface area contributed by atoms with Gasteiger partial charge in [-0.25, -0.2) is 0 Å². The third-order valence-corrected chi connectivity index (χ3v) is 10.7. The quantitative estimate of drug-likeness (QED) is 0.607. The maximum absolute atomic E-state index is 13.3. The number of hydrogen-bond donors (Lipinski definition) is 2. The highest BCUT2D eigenvalue weighted by atomic mass is 28.4. The number of nitrogens with two attached hydrogens (primary N) is 1. The van der Waals surface area contributed by atoms with E-state index in [1.165, 1.54) is 51.4 Å². The fourth-order valence-corrected chi connectivity index (χ4v) is 8.11. The minimum Gasteiger partial charge on any atom is -0.432 e. The Bertz CT molecular complexity index is 602. The number of fused-ring (bicyclic) bond motifs is 1. The van der Waals surface area contributed by atoms with Crippen molar-refractivity contribution in [2.24, 2.45) is 35.3 Å². The van der Waals surface area contributed by atoms with Gasteiger partial charge in [-0.1, -0.05) is 12.8 Å². The average molecular weight is 450 g/mol. The van der Waals surface area contributed by atoms with Crippen LogP contribution in [0, 0.1) is 29.6 Å². The number of rotatable bonds is 6. The number of likely N-dealkylation sites (tertiary alicyclic amines) is 2. The second-order valence-electron chi connectivity index (χ2n) is 11.9. The molecule has 2 heterocycles. The Balaban J connectivity index is 1.23. The molecule has 2 saturated heterocycles. The van der Waals surface area contributed by atoms with Crippen LogP contribution in [0.2, 0.25) is 19.1 Å². The molecular weight excluding hydrogens is 402 g/mol. The summed E-state index contributed by atoms with van der Waals surface area (Å²) >= 11 is 0. The summed E-state index contributed by atoms with van der Waals surface area (Å²) in [5.74, 6) is 3.83. The van der Waals surface area contributed by atoms with Gasteiger partial charge in [0.15, 0.2) is 8.32 Å². The normalized spacial score (nSPS) is 35.9. The van der Waals surface area contributed by atoms with Crippen molar-refractivity contribution in [2.75, 3.05) is 32.7 Å². The van der Waals surface area contributed by atoms with Crippen molar-refractivity contribution in [3.05, 3.63) is 0 Å². The lowest BCUT2D eigenvalue weighted by Crippen LogP contribution is -2.46. The number of piperidine rings is 1. The zero-order valence-electron chi connectivity index (χ0n) is 20.1. The first-order valence-electron chi connectivity index (χ1n) is 13.3. The molecule has 0 aromatic heterocycles. The third kappa shape index (κ3) is 5.93. The number of carbonyl (C=O) groups excluding carboxylic acids is 1. The van der Waals surface area contributed by atoms with Gasteiger partial charge in [0.2, 0.25) is 5.91 Å². The highest BCUT2D eigenvalue weighted by Crippen LogP contribution is 2.41. The number of carbonyl (C=O) groups is 1. The van der Waals surface area contributed by atoms with Crippen LogP contribution in [0.1, 0.15) is 64.2 Å². The van der Waals surface area contributed by atoms with Crippen LogP contribution >= 0.6 is 0 Å². The lowest BCUT2D eigenvalue weighted by atomic mass is 9.72. The Kier molecular flexibility index (Phi) is 7.83. The Morgan fingerprint density at radius 2 is 1.68 bits per heavy atom. The van der Waals surface area contributed by atoms with E-state index in [2.05, 4.69) is 9.80 Å². The van der Waals surface area contributed by atoms with E-state index < -0.39 is 8.32 Å². The summed E-state index contributed by atoms with van der Waals surface area (Å²) in [6.07, 6.45) is 12.4. The van der Waals surface area contributed by atoms with Crippen molar-refractivity contribution in [3.8, 4) is 0 Å². The second-order valence-corrected chi connectivity index (χ2v) is 16.0. The van der Waals surface area contributed by atoms with E-state index in [1.807, 2.05) is 13.1 Å². The van der Waals surface area contributed by atoms with Crippen molar-refractivity contribution in [1.82, 2.24) is 9.80 Å². The summed E-state index contributed by atoms with van der Waals surface area (Å²) in [6, 6.07) is 1.63. The topological polar surface area (TPSA) is 69.8 Å². The second kappa shape index (κ2) is 10.2. The van der Waals surface area contributed by atoms with Gasteiger partial charge in [0, 0.05) is 25.0 Å². The summed E-state index contributed by atoms with van der Waals surface area (Å²) in [6.45, 7) is 9.13. The molecule has 5 atom stereocenters. The van der Waals surface area contributed by atoms with Gasteiger partial charge >= 0.3 is 0 Å². The zero-order valence-corrected chi connectivity index (χ0v) is 21.1. The van der Waals surface area contributed by atoms with E-state index in [0.29, 0.717) is 17.9 Å². The lowest BCUT2D eigenvalue weighted by Gasteiger charge is -2.42. The van der Waals surface area contributed by atoms with Gasteiger partial charge in [-0.2, -0.15) is 0 Å². The maximum atomic E-state index is 13.3. The van der Waals surface area contributed by atoms with Crippen molar-refractivity contribution < 1.29 is 9.59 Å². The highest BCUT2D eigenvalue weighted by molar-refractivity contribution is 6.69. The van der Waals surface area contributed by atoms with Gasteiger partial charge in [-0.15, -0.1) is 0 Å². The summed E-state index contributed by atoms with van der Waals surface area (Å²) in [5.41, 5.74) is 5.96. The molecule has 2 aliphatic carbocycles.